The number of rotatable bonds is 5. The summed E-state index contributed by atoms with van der Waals surface area (Å²) in [5, 5.41) is 5.03. The molecule has 6 heteroatoms. The summed E-state index contributed by atoms with van der Waals surface area (Å²) in [6.07, 6.45) is 3.66. The molecule has 1 aliphatic heterocycles. The number of nitrogens with two attached hydrogens (primary N) is 1. The molecule has 0 radical (unpaired) electrons. The van der Waals surface area contributed by atoms with Crippen molar-refractivity contribution in [2.75, 3.05) is 33.7 Å². The van der Waals surface area contributed by atoms with E-state index in [2.05, 4.69) is 35.9 Å². The highest BCUT2D eigenvalue weighted by Crippen LogP contribution is 2.26. The van der Waals surface area contributed by atoms with E-state index in [9.17, 15) is 0 Å². The molecule has 1 saturated heterocycles. The smallest absolute Gasteiger partial charge is 0.0834 e. The van der Waals surface area contributed by atoms with E-state index in [4.69, 9.17) is 17.3 Å². The summed E-state index contributed by atoms with van der Waals surface area (Å²) in [5.74, 6) is 0. The van der Waals surface area contributed by atoms with E-state index in [1.807, 2.05) is 4.68 Å². The van der Waals surface area contributed by atoms with Crippen LogP contribution in [0.5, 0.6) is 0 Å². The summed E-state index contributed by atoms with van der Waals surface area (Å²) in [5.41, 5.74) is 7.40. The molecule has 0 bridgehead atoms. The van der Waals surface area contributed by atoms with Gasteiger partial charge in [-0.2, -0.15) is 5.10 Å². The number of hydrogen-bond acceptors (Lipinski definition) is 4. The fourth-order valence-corrected chi connectivity index (χ4v) is 3.17. The Kier molecular flexibility index (Phi) is 5.43. The first kappa shape index (κ1) is 15.8. The Morgan fingerprint density at radius 3 is 2.90 bits per heavy atom. The van der Waals surface area contributed by atoms with Gasteiger partial charge in [-0.1, -0.05) is 18.5 Å². The molecule has 0 amide bonds. The zero-order chi connectivity index (χ0) is 14.7. The molecule has 2 heterocycles. The molecule has 1 aliphatic rings. The highest BCUT2D eigenvalue weighted by Gasteiger charge is 2.26. The van der Waals surface area contributed by atoms with Crippen LogP contribution in [0.4, 0.5) is 0 Å². The Bertz CT molecular complexity index is 433. The number of likely N-dealkylation sites (N-methyl/N-ethyl adjacent to an activating group) is 2. The van der Waals surface area contributed by atoms with Crippen LogP contribution < -0.4 is 5.73 Å². The quantitative estimate of drug-likeness (QED) is 0.897. The van der Waals surface area contributed by atoms with E-state index >= 15 is 0 Å². The predicted molar refractivity (Wildman–Crippen MR) is 83.0 cm³/mol. The van der Waals surface area contributed by atoms with E-state index in [-0.39, 0.29) is 6.04 Å². The largest absolute Gasteiger partial charge is 0.323 e. The van der Waals surface area contributed by atoms with Crippen molar-refractivity contribution >= 4 is 11.6 Å². The van der Waals surface area contributed by atoms with Gasteiger partial charge in [-0.05, 0) is 26.9 Å². The summed E-state index contributed by atoms with van der Waals surface area (Å²) in [6, 6.07) is 0.417. The minimum Gasteiger partial charge on any atom is -0.323 e. The molecule has 2 unspecified atom stereocenters. The van der Waals surface area contributed by atoms with E-state index < -0.39 is 0 Å². The van der Waals surface area contributed by atoms with Crippen molar-refractivity contribution in [2.24, 2.45) is 5.73 Å². The molecule has 20 heavy (non-hydrogen) atoms. The molecule has 0 aromatic carbocycles. The topological polar surface area (TPSA) is 50.3 Å². The summed E-state index contributed by atoms with van der Waals surface area (Å²) in [7, 11) is 4.34. The monoisotopic (exact) mass is 299 g/mol. The van der Waals surface area contributed by atoms with Crippen molar-refractivity contribution in [1.29, 1.82) is 0 Å². The first-order valence-electron chi connectivity index (χ1n) is 7.38. The lowest BCUT2D eigenvalue weighted by Crippen LogP contribution is -2.50. The number of aromatic nitrogens is 2. The van der Waals surface area contributed by atoms with Crippen molar-refractivity contribution < 1.29 is 0 Å². The van der Waals surface area contributed by atoms with Gasteiger partial charge in [0.05, 0.1) is 16.9 Å². The van der Waals surface area contributed by atoms with E-state index in [0.29, 0.717) is 11.1 Å². The van der Waals surface area contributed by atoms with E-state index in [0.717, 1.165) is 44.7 Å². The maximum Gasteiger partial charge on any atom is 0.0834 e. The molecule has 1 aromatic heterocycles. The molecule has 0 aliphatic carbocycles. The molecule has 2 rings (SSSR count). The molecule has 2 atom stereocenters. The van der Waals surface area contributed by atoms with Gasteiger partial charge in [0.15, 0.2) is 0 Å². The molecule has 1 fully saturated rings. The average molecular weight is 300 g/mol. The lowest BCUT2D eigenvalue weighted by atomic mass is 10.0. The van der Waals surface area contributed by atoms with Crippen LogP contribution in [-0.2, 0) is 6.54 Å². The molecule has 0 spiro atoms. The van der Waals surface area contributed by atoms with Crippen LogP contribution in [0.2, 0.25) is 5.02 Å². The fourth-order valence-electron chi connectivity index (χ4n) is 2.89. The Morgan fingerprint density at radius 1 is 1.45 bits per heavy atom. The standard InChI is InChI=1S/C14H26ClN5/c1-4-5-20-14(12(15)9-17-20)13(16)8-11-10-18(2)6-7-19(11)3/h9,11,13H,4-8,10,16H2,1-3H3. The average Bonchev–Trinajstić information content (AvgIpc) is 2.75. The van der Waals surface area contributed by atoms with E-state index in [1.54, 1.807) is 6.20 Å². The molecule has 5 nitrogen and oxygen atoms in total. The van der Waals surface area contributed by atoms with Crippen molar-refractivity contribution in [3.8, 4) is 0 Å². The fraction of sp³-hybridized carbons (Fsp3) is 0.786. The second-order valence-electron chi connectivity index (χ2n) is 5.84. The third kappa shape index (κ3) is 3.52. The molecule has 114 valence electrons. The number of hydrogen-bond donors (Lipinski definition) is 1. The van der Waals surface area contributed by atoms with Crippen LogP contribution in [0.25, 0.3) is 0 Å². The minimum atomic E-state index is -0.0597. The minimum absolute atomic E-state index is 0.0597. The molecule has 1 aromatic rings. The van der Waals surface area contributed by atoms with Gasteiger partial charge < -0.3 is 15.5 Å². The number of piperazine rings is 1. The lowest BCUT2D eigenvalue weighted by Gasteiger charge is -2.38. The van der Waals surface area contributed by atoms with Crippen LogP contribution in [0.3, 0.4) is 0 Å². The van der Waals surface area contributed by atoms with Gasteiger partial charge in [-0.25, -0.2) is 0 Å². The lowest BCUT2D eigenvalue weighted by molar-refractivity contribution is 0.103. The van der Waals surface area contributed by atoms with Crippen molar-refractivity contribution in [3.05, 3.63) is 16.9 Å². The van der Waals surface area contributed by atoms with Gasteiger partial charge in [-0.15, -0.1) is 0 Å². The Hall–Kier alpha value is -0.620. The predicted octanol–water partition coefficient (Wildman–Crippen LogP) is 1.58. The van der Waals surface area contributed by atoms with Gasteiger partial charge in [-0.3, -0.25) is 4.68 Å². The maximum atomic E-state index is 6.42. The normalized spacial score (nSPS) is 23.1. The number of aryl methyl sites for hydroxylation is 1. The van der Waals surface area contributed by atoms with Crippen LogP contribution in [-0.4, -0.2) is 59.4 Å². The van der Waals surface area contributed by atoms with Crippen molar-refractivity contribution in [2.45, 2.75) is 38.4 Å². The number of halogens is 1. The molecular weight excluding hydrogens is 274 g/mol. The van der Waals surface area contributed by atoms with Gasteiger partial charge >= 0.3 is 0 Å². The molecule has 2 N–H and O–H groups in total. The van der Waals surface area contributed by atoms with Gasteiger partial charge in [0.25, 0.3) is 0 Å². The summed E-state index contributed by atoms with van der Waals surface area (Å²) >= 11 is 6.27. The zero-order valence-electron chi connectivity index (χ0n) is 12.7. The van der Waals surface area contributed by atoms with Crippen LogP contribution in [0, 0.1) is 0 Å². The summed E-state index contributed by atoms with van der Waals surface area (Å²) in [6.45, 7) is 6.28. The van der Waals surface area contributed by atoms with Gasteiger partial charge in [0.1, 0.15) is 0 Å². The van der Waals surface area contributed by atoms with E-state index in [1.165, 1.54) is 0 Å². The Balaban J connectivity index is 2.07. The maximum absolute atomic E-state index is 6.42. The Morgan fingerprint density at radius 2 is 2.20 bits per heavy atom. The van der Waals surface area contributed by atoms with Crippen LogP contribution in [0.1, 0.15) is 31.5 Å². The summed E-state index contributed by atoms with van der Waals surface area (Å²) in [4.78, 5) is 4.76. The van der Waals surface area contributed by atoms with Crippen molar-refractivity contribution in [3.63, 3.8) is 0 Å². The first-order chi connectivity index (χ1) is 9.52. The molecular formula is C14H26ClN5. The van der Waals surface area contributed by atoms with Crippen LogP contribution >= 0.6 is 11.6 Å². The second-order valence-corrected chi connectivity index (χ2v) is 6.25. The third-order valence-corrected chi connectivity index (χ3v) is 4.42. The van der Waals surface area contributed by atoms with Crippen molar-refractivity contribution in [1.82, 2.24) is 19.6 Å². The summed E-state index contributed by atoms with van der Waals surface area (Å²) < 4.78 is 1.96. The zero-order valence-corrected chi connectivity index (χ0v) is 13.5. The Labute approximate surface area is 126 Å². The second kappa shape index (κ2) is 6.89. The van der Waals surface area contributed by atoms with Gasteiger partial charge in [0.2, 0.25) is 0 Å². The SMILES string of the molecule is CCCn1ncc(Cl)c1C(N)CC1CN(C)CCN1C. The highest BCUT2D eigenvalue weighted by molar-refractivity contribution is 6.31. The first-order valence-corrected chi connectivity index (χ1v) is 7.76. The van der Waals surface area contributed by atoms with Crippen LogP contribution in [0.15, 0.2) is 6.20 Å². The van der Waals surface area contributed by atoms with Gasteiger partial charge in [0, 0.05) is 38.3 Å². The molecule has 0 saturated carbocycles. The third-order valence-electron chi connectivity index (χ3n) is 4.13. The number of nitrogens with zero attached hydrogens (tertiary/aromatic N) is 4. The highest BCUT2D eigenvalue weighted by atomic mass is 35.5.